The van der Waals surface area contributed by atoms with Crippen molar-refractivity contribution in [2.45, 2.75) is 31.5 Å². The van der Waals surface area contributed by atoms with Crippen molar-refractivity contribution < 1.29 is 24.1 Å². The van der Waals surface area contributed by atoms with Gasteiger partial charge in [0.1, 0.15) is 18.2 Å². The second-order valence-electron chi connectivity index (χ2n) is 7.90. The summed E-state index contributed by atoms with van der Waals surface area (Å²) in [6.07, 6.45) is 2.81. The number of halogens is 1. The Bertz CT molecular complexity index is 756. The molecule has 3 aliphatic heterocycles. The maximum Gasteiger partial charge on any atom is 0.255 e. The van der Waals surface area contributed by atoms with Gasteiger partial charge < -0.3 is 30.4 Å². The Morgan fingerprint density at radius 2 is 2.07 bits per heavy atom. The zero-order valence-electron chi connectivity index (χ0n) is 16.4. The van der Waals surface area contributed by atoms with E-state index < -0.39 is 6.10 Å². The number of hydrogen-bond donors (Lipinski definition) is 3. The minimum atomic E-state index is -0.491. The Hall–Kier alpha value is -1.74. The number of carbonyl (C=O) groups excluding carboxylic acids is 1. The molecule has 4 rings (SSSR count). The minimum absolute atomic E-state index is 0.00246. The molecule has 0 radical (unpaired) electrons. The van der Waals surface area contributed by atoms with Crippen LogP contribution in [0.1, 0.15) is 29.6 Å². The molecule has 0 aliphatic carbocycles. The molecule has 0 saturated carbocycles. The van der Waals surface area contributed by atoms with Crippen molar-refractivity contribution in [3.8, 4) is 11.5 Å². The molecule has 1 amide bonds. The van der Waals surface area contributed by atoms with Crippen LogP contribution < -0.4 is 20.5 Å². The first-order valence-corrected chi connectivity index (χ1v) is 10.6. The lowest BCUT2D eigenvalue weighted by Crippen LogP contribution is -2.49. The van der Waals surface area contributed by atoms with Gasteiger partial charge in [-0.1, -0.05) is 11.6 Å². The molecular formula is C20H28ClN3O5. The number of β-amino-alcohol motifs (C(OH)–C–C–N with tert-alkyl or cyclic N) is 1. The summed E-state index contributed by atoms with van der Waals surface area (Å²) in [5, 5.41) is 13.7. The number of fused-ring (bicyclic) bond motifs is 1. The van der Waals surface area contributed by atoms with Crippen LogP contribution in [0.15, 0.2) is 6.07 Å². The molecule has 160 valence electrons. The van der Waals surface area contributed by atoms with Gasteiger partial charge in [0, 0.05) is 32.2 Å². The maximum absolute atomic E-state index is 12.8. The Morgan fingerprint density at radius 3 is 2.79 bits per heavy atom. The molecule has 1 unspecified atom stereocenters. The number of anilines is 1. The average molecular weight is 426 g/mol. The van der Waals surface area contributed by atoms with E-state index in [4.69, 9.17) is 31.5 Å². The molecule has 9 heteroatoms. The Morgan fingerprint density at radius 1 is 1.28 bits per heavy atom. The number of hydrogen-bond acceptors (Lipinski definition) is 7. The zero-order chi connectivity index (χ0) is 20.4. The van der Waals surface area contributed by atoms with E-state index in [1.165, 1.54) is 6.07 Å². The van der Waals surface area contributed by atoms with Crippen molar-refractivity contribution in [1.82, 2.24) is 10.2 Å². The van der Waals surface area contributed by atoms with Gasteiger partial charge in [-0.2, -0.15) is 0 Å². The van der Waals surface area contributed by atoms with E-state index >= 15 is 0 Å². The summed E-state index contributed by atoms with van der Waals surface area (Å²) < 4.78 is 16.8. The van der Waals surface area contributed by atoms with Crippen LogP contribution in [0.5, 0.6) is 11.5 Å². The van der Waals surface area contributed by atoms with E-state index in [1.807, 2.05) is 0 Å². The number of aliphatic hydroxyl groups is 1. The topological polar surface area (TPSA) is 106 Å². The average Bonchev–Trinajstić information content (AvgIpc) is 3.23. The predicted octanol–water partition coefficient (Wildman–Crippen LogP) is 1.28. The lowest BCUT2D eigenvalue weighted by molar-refractivity contribution is -0.00192. The van der Waals surface area contributed by atoms with Crippen molar-refractivity contribution >= 4 is 23.2 Å². The first-order valence-electron chi connectivity index (χ1n) is 10.2. The number of ether oxygens (including phenoxy) is 3. The number of aliphatic hydroxyl groups excluding tert-OH is 1. The SMILES string of the molecule is Nc1cc(C(=O)NC[C@@H]2CCN(CC3CCCO3)C[C@H]2O)c2c(c1Cl)OCCO2. The van der Waals surface area contributed by atoms with Gasteiger partial charge in [0.25, 0.3) is 5.91 Å². The lowest BCUT2D eigenvalue weighted by atomic mass is 9.93. The summed E-state index contributed by atoms with van der Waals surface area (Å²) in [6, 6.07) is 1.51. The molecule has 0 bridgehead atoms. The number of piperidine rings is 1. The second kappa shape index (κ2) is 8.95. The van der Waals surface area contributed by atoms with E-state index in [-0.39, 0.29) is 28.6 Å². The van der Waals surface area contributed by atoms with E-state index in [0.717, 1.165) is 39.0 Å². The third-order valence-corrected chi connectivity index (χ3v) is 6.23. The number of nitrogen functional groups attached to an aromatic ring is 1. The van der Waals surface area contributed by atoms with Crippen molar-refractivity contribution in [2.24, 2.45) is 5.92 Å². The van der Waals surface area contributed by atoms with E-state index in [9.17, 15) is 9.90 Å². The third-order valence-electron chi connectivity index (χ3n) is 5.84. The number of nitrogens with one attached hydrogen (secondary N) is 1. The highest BCUT2D eigenvalue weighted by molar-refractivity contribution is 6.35. The van der Waals surface area contributed by atoms with Crippen LogP contribution in [0.2, 0.25) is 5.02 Å². The standard InChI is InChI=1S/C20H28ClN3O5/c21-17-15(22)8-14(18-19(17)29-7-6-28-18)20(26)23-9-12-3-4-24(11-16(12)25)10-13-2-1-5-27-13/h8,12-13,16,25H,1-7,9-11,22H2,(H,23,26)/t12-,13?,16+/m0/s1. The molecule has 3 aliphatic rings. The molecule has 3 heterocycles. The van der Waals surface area contributed by atoms with Crippen LogP contribution in [-0.2, 0) is 4.74 Å². The summed E-state index contributed by atoms with van der Waals surface area (Å²) in [7, 11) is 0. The van der Waals surface area contributed by atoms with E-state index in [0.29, 0.717) is 43.4 Å². The van der Waals surface area contributed by atoms with Crippen LogP contribution in [0.3, 0.4) is 0 Å². The van der Waals surface area contributed by atoms with Crippen LogP contribution in [0, 0.1) is 5.92 Å². The number of rotatable bonds is 5. The Balaban J connectivity index is 1.34. The molecule has 0 spiro atoms. The van der Waals surface area contributed by atoms with Crippen LogP contribution in [0.25, 0.3) is 0 Å². The number of carbonyl (C=O) groups is 1. The highest BCUT2D eigenvalue weighted by atomic mass is 35.5. The van der Waals surface area contributed by atoms with Gasteiger partial charge in [0.05, 0.1) is 23.5 Å². The van der Waals surface area contributed by atoms with Crippen LogP contribution in [0.4, 0.5) is 5.69 Å². The quantitative estimate of drug-likeness (QED) is 0.610. The Kier molecular flexibility index (Phi) is 6.34. The molecular weight excluding hydrogens is 398 g/mol. The largest absolute Gasteiger partial charge is 0.485 e. The molecule has 2 fully saturated rings. The van der Waals surface area contributed by atoms with Crippen molar-refractivity contribution in [3.63, 3.8) is 0 Å². The number of likely N-dealkylation sites (tertiary alicyclic amines) is 1. The number of benzene rings is 1. The van der Waals surface area contributed by atoms with Gasteiger partial charge in [-0.3, -0.25) is 9.69 Å². The fraction of sp³-hybridized carbons (Fsp3) is 0.650. The smallest absolute Gasteiger partial charge is 0.255 e. The molecule has 29 heavy (non-hydrogen) atoms. The fourth-order valence-corrected chi connectivity index (χ4v) is 4.41. The monoisotopic (exact) mass is 425 g/mol. The first-order chi connectivity index (χ1) is 14.0. The van der Waals surface area contributed by atoms with Crippen molar-refractivity contribution in [1.29, 1.82) is 0 Å². The predicted molar refractivity (Wildman–Crippen MR) is 109 cm³/mol. The van der Waals surface area contributed by atoms with Gasteiger partial charge in [-0.05, 0) is 31.9 Å². The fourth-order valence-electron chi connectivity index (χ4n) is 4.21. The molecule has 4 N–H and O–H groups in total. The molecule has 2 saturated heterocycles. The summed E-state index contributed by atoms with van der Waals surface area (Å²) in [5.41, 5.74) is 6.49. The first kappa shape index (κ1) is 20.5. The number of amides is 1. The van der Waals surface area contributed by atoms with Crippen molar-refractivity contribution in [2.75, 3.05) is 51.7 Å². The lowest BCUT2D eigenvalue weighted by Gasteiger charge is -2.37. The third kappa shape index (κ3) is 4.55. The summed E-state index contributed by atoms with van der Waals surface area (Å²) in [6.45, 7) is 4.26. The Labute approximate surface area is 175 Å². The second-order valence-corrected chi connectivity index (χ2v) is 8.28. The highest BCUT2D eigenvalue weighted by Crippen LogP contribution is 2.43. The van der Waals surface area contributed by atoms with Crippen molar-refractivity contribution in [3.05, 3.63) is 16.7 Å². The number of nitrogens with zero attached hydrogens (tertiary/aromatic N) is 1. The van der Waals surface area contributed by atoms with Gasteiger partial charge in [-0.25, -0.2) is 0 Å². The van der Waals surface area contributed by atoms with Crippen LogP contribution >= 0.6 is 11.6 Å². The normalized spacial score (nSPS) is 27.0. The molecule has 1 aromatic rings. The van der Waals surface area contributed by atoms with Gasteiger partial charge in [0.15, 0.2) is 11.5 Å². The number of nitrogens with two attached hydrogens (primary N) is 1. The van der Waals surface area contributed by atoms with E-state index in [1.54, 1.807) is 0 Å². The minimum Gasteiger partial charge on any atom is -0.485 e. The van der Waals surface area contributed by atoms with E-state index in [2.05, 4.69) is 10.2 Å². The maximum atomic E-state index is 12.8. The van der Waals surface area contributed by atoms with Crippen LogP contribution in [-0.4, -0.2) is 74.1 Å². The van der Waals surface area contributed by atoms with Gasteiger partial charge >= 0.3 is 0 Å². The summed E-state index contributed by atoms with van der Waals surface area (Å²) >= 11 is 6.17. The molecule has 3 atom stereocenters. The molecule has 0 aromatic heterocycles. The summed E-state index contributed by atoms with van der Waals surface area (Å²) in [4.78, 5) is 15.0. The highest BCUT2D eigenvalue weighted by Gasteiger charge is 2.31. The van der Waals surface area contributed by atoms with Gasteiger partial charge in [0.2, 0.25) is 0 Å². The molecule has 8 nitrogen and oxygen atoms in total. The van der Waals surface area contributed by atoms with Gasteiger partial charge in [-0.15, -0.1) is 0 Å². The molecule has 1 aromatic carbocycles. The zero-order valence-corrected chi connectivity index (χ0v) is 17.1. The summed E-state index contributed by atoms with van der Waals surface area (Å²) in [5.74, 6) is 0.312.